The largest absolute Gasteiger partial charge is 0.466 e. The van der Waals surface area contributed by atoms with E-state index in [1.165, 1.54) is 0 Å². The topological polar surface area (TPSA) is 26.3 Å². The fourth-order valence-electron chi connectivity index (χ4n) is 0.562. The first-order valence-electron chi connectivity index (χ1n) is 4.20. The average molecular weight is 174 g/mol. The van der Waals surface area contributed by atoms with Crippen molar-refractivity contribution >= 4 is 14.8 Å². The molecule has 0 saturated carbocycles. The van der Waals surface area contributed by atoms with Gasteiger partial charge in [-0.15, -0.1) is 0 Å². The predicted molar refractivity (Wildman–Crippen MR) is 49.5 cm³/mol. The molecule has 0 aliphatic heterocycles. The van der Waals surface area contributed by atoms with E-state index < -0.39 is 8.80 Å². The van der Waals surface area contributed by atoms with Crippen molar-refractivity contribution in [3.05, 3.63) is 0 Å². The summed E-state index contributed by atoms with van der Waals surface area (Å²) >= 11 is 0. The van der Waals surface area contributed by atoms with Crippen molar-refractivity contribution in [2.24, 2.45) is 5.92 Å². The van der Waals surface area contributed by atoms with Crippen molar-refractivity contribution in [2.45, 2.75) is 33.0 Å². The van der Waals surface area contributed by atoms with Crippen LogP contribution in [0.15, 0.2) is 0 Å². The van der Waals surface area contributed by atoms with E-state index in [9.17, 15) is 4.79 Å². The normalized spacial score (nSPS) is 10.7. The van der Waals surface area contributed by atoms with Gasteiger partial charge >= 0.3 is 5.97 Å². The summed E-state index contributed by atoms with van der Waals surface area (Å²) in [6.07, 6.45) is 0. The van der Waals surface area contributed by atoms with E-state index in [2.05, 4.69) is 13.1 Å². The van der Waals surface area contributed by atoms with E-state index >= 15 is 0 Å². The van der Waals surface area contributed by atoms with Gasteiger partial charge < -0.3 is 4.74 Å². The monoisotopic (exact) mass is 174 g/mol. The summed E-state index contributed by atoms with van der Waals surface area (Å²) in [5.74, 6) is -0.0523. The Morgan fingerprint density at radius 2 is 2.00 bits per heavy atom. The standard InChI is InChI=1S/C8H18O2Si/c1-7(2)8(9)10-5-6-11(3)4/h7,11H,5-6H2,1-4H3. The fourth-order valence-corrected chi connectivity index (χ4v) is 1.15. The van der Waals surface area contributed by atoms with Gasteiger partial charge in [-0.05, 0) is 6.04 Å². The zero-order chi connectivity index (χ0) is 8.85. The molecule has 0 bridgehead atoms. The highest BCUT2D eigenvalue weighted by Gasteiger charge is 2.07. The molecule has 0 aromatic heterocycles. The second kappa shape index (κ2) is 5.35. The van der Waals surface area contributed by atoms with Gasteiger partial charge in [0.2, 0.25) is 0 Å². The van der Waals surface area contributed by atoms with Gasteiger partial charge in [0.25, 0.3) is 0 Å². The molecule has 11 heavy (non-hydrogen) atoms. The third kappa shape index (κ3) is 6.10. The van der Waals surface area contributed by atoms with Gasteiger partial charge in [-0.3, -0.25) is 4.79 Å². The number of rotatable bonds is 4. The first-order chi connectivity index (χ1) is 5.04. The van der Waals surface area contributed by atoms with Crippen LogP contribution in [0, 0.1) is 5.92 Å². The average Bonchev–Trinajstić information content (AvgIpc) is 1.86. The Labute approximate surface area is 70.5 Å². The number of carbonyl (C=O) groups is 1. The van der Waals surface area contributed by atoms with Crippen LogP contribution in [0.3, 0.4) is 0 Å². The minimum absolute atomic E-state index is 0.0174. The fraction of sp³-hybridized carbons (Fsp3) is 0.875. The van der Waals surface area contributed by atoms with Gasteiger partial charge in [-0.1, -0.05) is 26.9 Å². The Morgan fingerprint density at radius 1 is 1.45 bits per heavy atom. The molecule has 0 amide bonds. The van der Waals surface area contributed by atoms with Crippen LogP contribution in [-0.4, -0.2) is 21.4 Å². The second-order valence-electron chi connectivity index (χ2n) is 3.50. The first-order valence-corrected chi connectivity index (χ1v) is 7.33. The third-order valence-electron chi connectivity index (χ3n) is 1.41. The quantitative estimate of drug-likeness (QED) is 0.479. The highest BCUT2D eigenvalue weighted by atomic mass is 28.3. The van der Waals surface area contributed by atoms with E-state index in [4.69, 9.17) is 4.74 Å². The van der Waals surface area contributed by atoms with Crippen LogP contribution in [0.25, 0.3) is 0 Å². The summed E-state index contributed by atoms with van der Waals surface area (Å²) in [6, 6.07) is 1.10. The molecule has 0 aromatic carbocycles. The van der Waals surface area contributed by atoms with E-state index in [1.54, 1.807) is 0 Å². The van der Waals surface area contributed by atoms with Gasteiger partial charge in [0.1, 0.15) is 0 Å². The highest BCUT2D eigenvalue weighted by molar-refractivity contribution is 6.55. The lowest BCUT2D eigenvalue weighted by Gasteiger charge is -2.07. The molecule has 0 fully saturated rings. The van der Waals surface area contributed by atoms with Crippen molar-refractivity contribution in [3.63, 3.8) is 0 Å². The van der Waals surface area contributed by atoms with Crippen molar-refractivity contribution in [1.82, 2.24) is 0 Å². The zero-order valence-electron chi connectivity index (χ0n) is 7.89. The molecule has 0 radical (unpaired) electrons. The number of esters is 1. The van der Waals surface area contributed by atoms with E-state index in [0.717, 1.165) is 6.04 Å². The first kappa shape index (κ1) is 10.7. The van der Waals surface area contributed by atoms with Crippen molar-refractivity contribution < 1.29 is 9.53 Å². The van der Waals surface area contributed by atoms with Gasteiger partial charge in [0, 0.05) is 8.80 Å². The molecule has 0 aliphatic carbocycles. The smallest absolute Gasteiger partial charge is 0.308 e. The molecule has 0 aromatic rings. The van der Waals surface area contributed by atoms with Crippen LogP contribution < -0.4 is 0 Å². The SMILES string of the molecule is CC(C)C(=O)OCC[SiH](C)C. The molecule has 0 saturated heterocycles. The molecule has 0 heterocycles. The van der Waals surface area contributed by atoms with Crippen LogP contribution in [0.5, 0.6) is 0 Å². The summed E-state index contributed by atoms with van der Waals surface area (Å²) in [5.41, 5.74) is 0. The Morgan fingerprint density at radius 3 is 2.36 bits per heavy atom. The van der Waals surface area contributed by atoms with Crippen molar-refractivity contribution in [2.75, 3.05) is 6.61 Å². The molecule has 0 N–H and O–H groups in total. The second-order valence-corrected chi connectivity index (χ2v) is 6.87. The lowest BCUT2D eigenvalue weighted by Crippen LogP contribution is -2.14. The lowest BCUT2D eigenvalue weighted by atomic mass is 10.2. The van der Waals surface area contributed by atoms with Crippen LogP contribution in [0.4, 0.5) is 0 Å². The van der Waals surface area contributed by atoms with Crippen LogP contribution in [0.2, 0.25) is 19.1 Å². The maximum absolute atomic E-state index is 10.9. The lowest BCUT2D eigenvalue weighted by molar-refractivity contribution is -0.146. The van der Waals surface area contributed by atoms with E-state index in [1.807, 2.05) is 13.8 Å². The number of ether oxygens (including phenoxy) is 1. The molecule has 0 rings (SSSR count). The van der Waals surface area contributed by atoms with Crippen molar-refractivity contribution in [1.29, 1.82) is 0 Å². The molecule has 2 nitrogen and oxygen atoms in total. The molecular weight excluding hydrogens is 156 g/mol. The Hall–Kier alpha value is -0.313. The molecule has 0 atom stereocenters. The van der Waals surface area contributed by atoms with Gasteiger partial charge in [0.15, 0.2) is 0 Å². The minimum atomic E-state index is -0.538. The molecule has 66 valence electrons. The van der Waals surface area contributed by atoms with E-state index in [-0.39, 0.29) is 11.9 Å². The minimum Gasteiger partial charge on any atom is -0.466 e. The summed E-state index contributed by atoms with van der Waals surface area (Å²) in [7, 11) is -0.538. The van der Waals surface area contributed by atoms with Gasteiger partial charge in [-0.2, -0.15) is 0 Å². The summed E-state index contributed by atoms with van der Waals surface area (Å²) in [5, 5.41) is 0. The molecule has 0 aliphatic rings. The van der Waals surface area contributed by atoms with E-state index in [0.29, 0.717) is 6.61 Å². The predicted octanol–water partition coefficient (Wildman–Crippen LogP) is 1.67. The molecule has 3 heteroatoms. The number of hydrogen-bond donors (Lipinski definition) is 0. The maximum atomic E-state index is 10.9. The maximum Gasteiger partial charge on any atom is 0.308 e. The van der Waals surface area contributed by atoms with Crippen molar-refractivity contribution in [3.8, 4) is 0 Å². The van der Waals surface area contributed by atoms with Crippen LogP contribution in [-0.2, 0) is 9.53 Å². The summed E-state index contributed by atoms with van der Waals surface area (Å²) in [4.78, 5) is 10.9. The van der Waals surface area contributed by atoms with Gasteiger partial charge in [0.05, 0.1) is 12.5 Å². The molecule has 0 spiro atoms. The summed E-state index contributed by atoms with van der Waals surface area (Å²) < 4.78 is 5.01. The Bertz CT molecular complexity index is 121. The van der Waals surface area contributed by atoms with Crippen LogP contribution in [0.1, 0.15) is 13.8 Å². The van der Waals surface area contributed by atoms with Gasteiger partial charge in [-0.25, -0.2) is 0 Å². The molecular formula is C8H18O2Si. The third-order valence-corrected chi connectivity index (χ3v) is 2.80. The molecule has 0 unspecified atom stereocenters. The zero-order valence-corrected chi connectivity index (χ0v) is 9.04. The number of hydrogen-bond acceptors (Lipinski definition) is 2. The number of carbonyl (C=O) groups excluding carboxylic acids is 1. The highest BCUT2D eigenvalue weighted by Crippen LogP contribution is 1.98. The Balaban J connectivity index is 3.32. The van der Waals surface area contributed by atoms with Crippen LogP contribution >= 0.6 is 0 Å². The summed E-state index contributed by atoms with van der Waals surface area (Å²) in [6.45, 7) is 8.84. The Kier molecular flexibility index (Phi) is 5.20.